The van der Waals surface area contributed by atoms with E-state index < -0.39 is 0 Å². The third-order valence-corrected chi connectivity index (χ3v) is 5.43. The number of anilines is 1. The molecule has 30 heavy (non-hydrogen) atoms. The number of nitrogens with one attached hydrogen (secondary N) is 1. The lowest BCUT2D eigenvalue weighted by Crippen LogP contribution is -2.07. The number of hydrogen-bond donors (Lipinski definition) is 1. The van der Waals surface area contributed by atoms with E-state index >= 15 is 0 Å². The summed E-state index contributed by atoms with van der Waals surface area (Å²) in [6.07, 6.45) is 17.7. The Kier molecular flexibility index (Phi) is 11.8. The molecule has 0 unspecified atom stereocenters. The number of hydrogen-bond acceptors (Lipinski definition) is 4. The molecule has 0 spiro atoms. The molecule has 1 aromatic rings. The van der Waals surface area contributed by atoms with Crippen molar-refractivity contribution >= 4 is 11.7 Å². The molecule has 0 saturated carbocycles. The lowest BCUT2D eigenvalue weighted by atomic mass is 10.1. The van der Waals surface area contributed by atoms with Gasteiger partial charge in [0.2, 0.25) is 0 Å². The number of unbranched alkanes of at least 4 members (excludes halogenated alkanes) is 9. The van der Waals surface area contributed by atoms with Gasteiger partial charge in [0.1, 0.15) is 6.61 Å². The van der Waals surface area contributed by atoms with E-state index in [1.807, 2.05) is 37.4 Å². The number of esters is 1. The van der Waals surface area contributed by atoms with Gasteiger partial charge in [0.25, 0.3) is 0 Å². The number of allylic oxidation sites excluding steroid dienone is 2. The molecular weight excluding hydrogens is 374 g/mol. The first kappa shape index (κ1) is 24.0. The average molecular weight is 414 g/mol. The highest BCUT2D eigenvalue weighted by molar-refractivity contribution is 5.89. The van der Waals surface area contributed by atoms with Crippen molar-refractivity contribution in [2.24, 2.45) is 0 Å². The van der Waals surface area contributed by atoms with E-state index in [4.69, 9.17) is 9.47 Å². The zero-order valence-corrected chi connectivity index (χ0v) is 18.9. The number of ether oxygens (including phenoxy) is 2. The Morgan fingerprint density at radius 3 is 2.23 bits per heavy atom. The molecule has 4 nitrogen and oxygen atoms in total. The maximum atomic E-state index is 12.2. The van der Waals surface area contributed by atoms with Crippen LogP contribution in [0.4, 0.5) is 5.69 Å². The van der Waals surface area contributed by atoms with Gasteiger partial charge in [0.15, 0.2) is 0 Å². The van der Waals surface area contributed by atoms with E-state index in [0.29, 0.717) is 18.8 Å². The van der Waals surface area contributed by atoms with Gasteiger partial charge in [-0.1, -0.05) is 64.7 Å². The Morgan fingerprint density at radius 2 is 1.63 bits per heavy atom. The largest absolute Gasteiger partial charge is 0.494 e. The van der Waals surface area contributed by atoms with Crippen LogP contribution in [-0.4, -0.2) is 19.2 Å². The van der Waals surface area contributed by atoms with Crippen molar-refractivity contribution in [1.29, 1.82) is 0 Å². The van der Waals surface area contributed by atoms with Crippen LogP contribution in [0, 0.1) is 0 Å². The summed E-state index contributed by atoms with van der Waals surface area (Å²) in [5.74, 6) is 0.741. The molecule has 0 atom stereocenters. The Morgan fingerprint density at radius 1 is 1.00 bits per heavy atom. The second-order valence-electron chi connectivity index (χ2n) is 8.15. The fraction of sp³-hybridized carbons (Fsp3) is 0.577. The first-order valence-corrected chi connectivity index (χ1v) is 11.7. The van der Waals surface area contributed by atoms with Gasteiger partial charge in [-0.2, -0.15) is 0 Å². The molecule has 0 fully saturated rings. The summed E-state index contributed by atoms with van der Waals surface area (Å²) in [5.41, 5.74) is 2.74. The SMILES string of the molecule is CCCCCCCCCCCCOC(=O)c1ccc(NC=C2CC=C(C)OC2)cc1. The van der Waals surface area contributed by atoms with E-state index in [1.54, 1.807) is 0 Å². The van der Waals surface area contributed by atoms with Gasteiger partial charge in [0, 0.05) is 11.9 Å². The summed E-state index contributed by atoms with van der Waals surface area (Å²) in [6.45, 7) is 5.36. The van der Waals surface area contributed by atoms with Crippen LogP contribution in [-0.2, 0) is 9.47 Å². The van der Waals surface area contributed by atoms with Gasteiger partial charge in [-0.25, -0.2) is 4.79 Å². The lowest BCUT2D eigenvalue weighted by Gasteiger charge is -2.15. The minimum atomic E-state index is -0.239. The molecule has 0 amide bonds. The molecule has 0 radical (unpaired) electrons. The molecule has 0 aliphatic carbocycles. The van der Waals surface area contributed by atoms with Gasteiger partial charge < -0.3 is 14.8 Å². The normalized spacial score (nSPS) is 14.9. The van der Waals surface area contributed by atoms with E-state index in [0.717, 1.165) is 30.7 Å². The molecule has 1 aromatic carbocycles. The summed E-state index contributed by atoms with van der Waals surface area (Å²) < 4.78 is 10.9. The van der Waals surface area contributed by atoms with Gasteiger partial charge in [0.05, 0.1) is 17.9 Å². The van der Waals surface area contributed by atoms with Crippen LogP contribution in [0.15, 0.2) is 47.9 Å². The molecule has 1 N–H and O–H groups in total. The van der Waals surface area contributed by atoms with Gasteiger partial charge in [-0.05, 0) is 55.7 Å². The van der Waals surface area contributed by atoms with Crippen molar-refractivity contribution in [2.45, 2.75) is 84.5 Å². The fourth-order valence-electron chi connectivity index (χ4n) is 3.43. The highest BCUT2D eigenvalue weighted by Gasteiger charge is 2.07. The molecular formula is C26H39NO3. The summed E-state index contributed by atoms with van der Waals surface area (Å²) in [5, 5.41) is 3.26. The third kappa shape index (κ3) is 10.00. The number of carbonyl (C=O) groups is 1. The summed E-state index contributed by atoms with van der Waals surface area (Å²) >= 11 is 0. The quantitative estimate of drug-likeness (QED) is 0.255. The number of rotatable bonds is 14. The molecule has 4 heteroatoms. The minimum Gasteiger partial charge on any atom is -0.494 e. The van der Waals surface area contributed by atoms with Crippen molar-refractivity contribution in [3.8, 4) is 0 Å². The summed E-state index contributed by atoms with van der Waals surface area (Å²) in [7, 11) is 0. The molecule has 0 saturated heterocycles. The van der Waals surface area contributed by atoms with Crippen LogP contribution in [0.2, 0.25) is 0 Å². The third-order valence-electron chi connectivity index (χ3n) is 5.43. The predicted octanol–water partition coefficient (Wildman–Crippen LogP) is 7.38. The first-order valence-electron chi connectivity index (χ1n) is 11.7. The Bertz CT molecular complexity index is 676. The topological polar surface area (TPSA) is 47.6 Å². The van der Waals surface area contributed by atoms with Crippen molar-refractivity contribution in [2.75, 3.05) is 18.5 Å². The lowest BCUT2D eigenvalue weighted by molar-refractivity contribution is 0.0497. The second-order valence-corrected chi connectivity index (χ2v) is 8.15. The molecule has 1 aliphatic rings. The van der Waals surface area contributed by atoms with Crippen molar-refractivity contribution < 1.29 is 14.3 Å². The molecule has 2 rings (SSSR count). The van der Waals surface area contributed by atoms with Crippen LogP contribution in [0.3, 0.4) is 0 Å². The summed E-state index contributed by atoms with van der Waals surface area (Å²) in [4.78, 5) is 12.2. The van der Waals surface area contributed by atoms with Crippen molar-refractivity contribution in [1.82, 2.24) is 0 Å². The Balaban J connectivity index is 1.55. The number of carbonyl (C=O) groups excluding carboxylic acids is 1. The second kappa shape index (κ2) is 14.7. The van der Waals surface area contributed by atoms with Gasteiger partial charge in [-0.3, -0.25) is 0 Å². The monoisotopic (exact) mass is 413 g/mol. The zero-order valence-electron chi connectivity index (χ0n) is 18.9. The molecule has 1 aliphatic heterocycles. The van der Waals surface area contributed by atoms with Crippen molar-refractivity contribution in [3.05, 3.63) is 53.4 Å². The maximum Gasteiger partial charge on any atom is 0.338 e. The van der Waals surface area contributed by atoms with Crippen molar-refractivity contribution in [3.63, 3.8) is 0 Å². The zero-order chi connectivity index (χ0) is 21.4. The molecule has 1 heterocycles. The van der Waals surface area contributed by atoms with Crippen LogP contribution in [0.25, 0.3) is 0 Å². The smallest absolute Gasteiger partial charge is 0.338 e. The highest BCUT2D eigenvalue weighted by Crippen LogP contribution is 2.17. The molecule has 0 aromatic heterocycles. The van der Waals surface area contributed by atoms with Crippen LogP contribution < -0.4 is 5.32 Å². The van der Waals surface area contributed by atoms with Crippen LogP contribution in [0.1, 0.15) is 94.8 Å². The highest BCUT2D eigenvalue weighted by atomic mass is 16.5. The first-order chi connectivity index (χ1) is 14.7. The van der Waals surface area contributed by atoms with Gasteiger partial charge >= 0.3 is 5.97 Å². The average Bonchev–Trinajstić information content (AvgIpc) is 2.77. The maximum absolute atomic E-state index is 12.2. The predicted molar refractivity (Wildman–Crippen MR) is 125 cm³/mol. The fourth-order valence-corrected chi connectivity index (χ4v) is 3.43. The standard InChI is InChI=1S/C26H39NO3/c1-3-4-5-6-7-8-9-10-11-12-19-29-26(28)24-15-17-25(18-16-24)27-20-23-14-13-22(2)30-21-23/h13,15-18,20,27H,3-12,14,19,21H2,1-2H3. The van der Waals surface area contributed by atoms with Gasteiger partial charge in [-0.15, -0.1) is 0 Å². The van der Waals surface area contributed by atoms with E-state index in [-0.39, 0.29) is 5.97 Å². The Hall–Kier alpha value is -2.23. The van der Waals surface area contributed by atoms with E-state index in [2.05, 4.69) is 18.3 Å². The molecule has 0 bridgehead atoms. The summed E-state index contributed by atoms with van der Waals surface area (Å²) in [6, 6.07) is 7.42. The minimum absolute atomic E-state index is 0.239. The number of benzene rings is 1. The van der Waals surface area contributed by atoms with E-state index in [1.165, 1.54) is 56.9 Å². The molecule has 166 valence electrons. The Labute approximate surface area is 182 Å². The van der Waals surface area contributed by atoms with Crippen LogP contribution in [0.5, 0.6) is 0 Å². The van der Waals surface area contributed by atoms with Crippen LogP contribution >= 0.6 is 0 Å². The van der Waals surface area contributed by atoms with E-state index in [9.17, 15) is 4.79 Å².